The lowest BCUT2D eigenvalue weighted by Gasteiger charge is -2.40. The van der Waals surface area contributed by atoms with Crippen molar-refractivity contribution >= 4 is 40.9 Å². The van der Waals surface area contributed by atoms with Gasteiger partial charge in [-0.1, -0.05) is 39.0 Å². The van der Waals surface area contributed by atoms with Crippen LogP contribution in [0.3, 0.4) is 0 Å². The first-order valence-corrected chi connectivity index (χ1v) is 18.7. The van der Waals surface area contributed by atoms with Crippen LogP contribution < -0.4 is 10.1 Å². The number of rotatable bonds is 3. The Balaban J connectivity index is 2.10. The highest BCUT2D eigenvalue weighted by Crippen LogP contribution is 2.53. The zero-order valence-corrected chi connectivity index (χ0v) is 34.5. The van der Waals surface area contributed by atoms with Gasteiger partial charge in [0.1, 0.15) is 34.9 Å². The molecule has 316 valence electrons. The van der Waals surface area contributed by atoms with Crippen molar-refractivity contribution in [3.63, 3.8) is 0 Å². The fourth-order valence-electron chi connectivity index (χ4n) is 7.63. The standard InChI is InChI=1S/C42H53NO15/c1-17-13-12-14-18(2)40(51)43-30-20(4)37(57-24(8)44)26-27(34(30)49)33(48)22(6)36-28(26)35(55-16-56-36)19(3)15-42(10,53)39(50)23(7)38(58-25(9)45)29(41(52)54-11)32(47)21(5)31(17)46/h12-15,17,21,23,29,31-32,38-39,46-47,49-50,53H,16H2,1-11H3,(H,43,51)/t17?,21-,23+,29-,31+,32-,38-,39-,42-/m1/s1. The van der Waals surface area contributed by atoms with E-state index in [2.05, 4.69) is 5.32 Å². The number of methoxy groups -OCH3 is 1. The normalized spacial score (nSPS) is 29.7. The van der Waals surface area contributed by atoms with Crippen molar-refractivity contribution in [2.24, 2.45) is 23.7 Å². The first kappa shape index (κ1) is 45.4. The Morgan fingerprint density at radius 3 is 2.10 bits per heavy atom. The number of Topliss-reactive ketones (excluding diaryl/α,β-unsaturated/α-hetero) is 1. The second-order valence-corrected chi connectivity index (χ2v) is 15.3. The van der Waals surface area contributed by atoms with Crippen molar-refractivity contribution in [3.8, 4) is 11.5 Å². The lowest BCUT2D eigenvalue weighted by molar-refractivity contribution is -0.181. The number of hydrogen-bond acceptors (Lipinski definition) is 15. The monoisotopic (exact) mass is 811 g/mol. The van der Waals surface area contributed by atoms with Crippen molar-refractivity contribution < 1.29 is 73.2 Å². The maximum atomic E-state index is 14.0. The molecule has 0 radical (unpaired) electrons. The van der Waals surface area contributed by atoms with E-state index in [1.807, 2.05) is 0 Å². The van der Waals surface area contributed by atoms with Crippen LogP contribution in [-0.4, -0.2) is 99.1 Å². The van der Waals surface area contributed by atoms with Gasteiger partial charge in [-0.15, -0.1) is 0 Å². The molecule has 3 aliphatic heterocycles. The van der Waals surface area contributed by atoms with Crippen LogP contribution in [0.5, 0.6) is 11.5 Å². The van der Waals surface area contributed by atoms with E-state index in [-0.39, 0.29) is 61.9 Å². The van der Waals surface area contributed by atoms with Gasteiger partial charge in [0.15, 0.2) is 11.5 Å². The van der Waals surface area contributed by atoms with E-state index in [0.29, 0.717) is 0 Å². The number of carbonyl (C=O) groups excluding carboxylic acids is 5. The number of phenolic OH excluding ortho intramolecular Hbond substituents is 1. The van der Waals surface area contributed by atoms with Crippen LogP contribution in [0, 0.1) is 30.6 Å². The van der Waals surface area contributed by atoms with Gasteiger partial charge in [0.05, 0.1) is 42.2 Å². The number of nitrogens with one attached hydrogen (secondary N) is 1. The highest BCUT2D eigenvalue weighted by molar-refractivity contribution is 6.21. The van der Waals surface area contributed by atoms with E-state index in [1.54, 1.807) is 13.0 Å². The molecule has 16 nitrogen and oxygen atoms in total. The highest BCUT2D eigenvalue weighted by Gasteiger charge is 2.49. The highest BCUT2D eigenvalue weighted by atomic mass is 16.7. The molecule has 3 heterocycles. The molecule has 58 heavy (non-hydrogen) atoms. The number of amides is 1. The maximum Gasteiger partial charge on any atom is 0.315 e. The fraction of sp³-hybridized carbons (Fsp3) is 0.500. The fourth-order valence-corrected chi connectivity index (χ4v) is 7.63. The van der Waals surface area contributed by atoms with Crippen LogP contribution in [0.2, 0.25) is 0 Å². The number of allylic oxidation sites excluding steroid dienone is 5. The average Bonchev–Trinajstić information content (AvgIpc) is 3.16. The van der Waals surface area contributed by atoms with Crippen molar-refractivity contribution in [3.05, 3.63) is 69.2 Å². The first-order valence-electron chi connectivity index (χ1n) is 18.7. The summed E-state index contributed by atoms with van der Waals surface area (Å²) in [7, 11) is 1.06. The molecule has 1 unspecified atom stereocenters. The van der Waals surface area contributed by atoms with Gasteiger partial charge in [-0.25, -0.2) is 0 Å². The number of ether oxygens (including phenoxy) is 5. The molecule has 1 amide bonds. The summed E-state index contributed by atoms with van der Waals surface area (Å²) in [6.45, 7) is 13.4. The van der Waals surface area contributed by atoms with E-state index in [9.17, 15) is 49.5 Å². The van der Waals surface area contributed by atoms with Crippen molar-refractivity contribution in [2.45, 2.75) is 99.3 Å². The Kier molecular flexibility index (Phi) is 13.8. The summed E-state index contributed by atoms with van der Waals surface area (Å²) in [4.78, 5) is 66.1. The van der Waals surface area contributed by atoms with Gasteiger partial charge in [-0.2, -0.15) is 0 Å². The molecular formula is C42H53NO15. The van der Waals surface area contributed by atoms with Crippen LogP contribution in [0.1, 0.15) is 83.8 Å². The molecule has 4 bridgehead atoms. The molecule has 0 spiro atoms. The van der Waals surface area contributed by atoms with E-state index in [1.165, 1.54) is 66.7 Å². The Labute approximate surface area is 336 Å². The minimum atomic E-state index is -2.22. The largest absolute Gasteiger partial charge is 0.505 e. The molecule has 0 saturated heterocycles. The van der Waals surface area contributed by atoms with Crippen molar-refractivity contribution in [1.82, 2.24) is 0 Å². The molecule has 0 aromatic heterocycles. The number of ketones is 1. The summed E-state index contributed by atoms with van der Waals surface area (Å²) in [6.07, 6.45) is -0.811. The molecule has 1 aliphatic carbocycles. The summed E-state index contributed by atoms with van der Waals surface area (Å²) in [5, 5.41) is 61.2. The van der Waals surface area contributed by atoms with Crippen LogP contribution >= 0.6 is 0 Å². The number of carbonyl (C=O) groups is 5. The molecule has 16 heteroatoms. The first-order chi connectivity index (χ1) is 27.0. The van der Waals surface area contributed by atoms with Crippen LogP contribution in [-0.2, 0) is 38.1 Å². The molecule has 9 atom stereocenters. The minimum absolute atomic E-state index is 0.00972. The Bertz CT molecular complexity index is 2040. The molecule has 1 aromatic carbocycles. The van der Waals surface area contributed by atoms with Crippen molar-refractivity contribution in [2.75, 3.05) is 19.2 Å². The number of benzene rings is 1. The number of hydrogen-bond donors (Lipinski definition) is 6. The van der Waals surface area contributed by atoms with E-state index < -0.39 is 95.8 Å². The molecule has 5 rings (SSSR count). The van der Waals surface area contributed by atoms with Crippen molar-refractivity contribution in [1.29, 1.82) is 0 Å². The van der Waals surface area contributed by atoms with Gasteiger partial charge in [-0.05, 0) is 46.3 Å². The zero-order valence-electron chi connectivity index (χ0n) is 34.5. The predicted octanol–water partition coefficient (Wildman–Crippen LogP) is 3.68. The second-order valence-electron chi connectivity index (χ2n) is 15.3. The van der Waals surface area contributed by atoms with Crippen LogP contribution in [0.15, 0.2) is 52.5 Å². The number of aliphatic hydroxyl groups is 4. The van der Waals surface area contributed by atoms with E-state index in [0.717, 1.165) is 21.0 Å². The average molecular weight is 812 g/mol. The molecular weight excluding hydrogens is 758 g/mol. The van der Waals surface area contributed by atoms with Crippen LogP contribution in [0.4, 0.5) is 5.69 Å². The molecule has 0 fully saturated rings. The number of aromatic hydroxyl groups is 1. The van der Waals surface area contributed by atoms with E-state index in [4.69, 9.17) is 23.7 Å². The van der Waals surface area contributed by atoms with Gasteiger partial charge in [0.2, 0.25) is 6.79 Å². The Morgan fingerprint density at radius 1 is 0.897 bits per heavy atom. The Hall–Kier alpha value is -5.29. The number of fused-ring (bicyclic) bond motifs is 14. The summed E-state index contributed by atoms with van der Waals surface area (Å²) < 4.78 is 28.0. The maximum absolute atomic E-state index is 14.0. The quantitative estimate of drug-likeness (QED) is 0.145. The molecule has 6 N–H and O–H groups in total. The van der Waals surface area contributed by atoms with Gasteiger partial charge < -0.3 is 54.5 Å². The minimum Gasteiger partial charge on any atom is -0.505 e. The topological polar surface area (TPSA) is 245 Å². The summed E-state index contributed by atoms with van der Waals surface area (Å²) in [6, 6.07) is 0. The summed E-state index contributed by atoms with van der Waals surface area (Å²) in [5.41, 5.74) is -2.49. The number of phenols is 1. The lowest BCUT2D eigenvalue weighted by atomic mass is 9.75. The third kappa shape index (κ3) is 8.74. The van der Waals surface area contributed by atoms with Gasteiger partial charge in [0.25, 0.3) is 5.91 Å². The lowest BCUT2D eigenvalue weighted by Crippen LogP contribution is -2.54. The zero-order chi connectivity index (χ0) is 43.7. The van der Waals surface area contributed by atoms with Crippen LogP contribution in [0.25, 0.3) is 5.57 Å². The second kappa shape index (κ2) is 17.7. The molecule has 1 aromatic rings. The number of esters is 3. The molecule has 0 saturated carbocycles. The smallest absolute Gasteiger partial charge is 0.315 e. The van der Waals surface area contributed by atoms with Gasteiger partial charge >= 0.3 is 17.9 Å². The SMILES string of the molecule is COC(=O)[C@@H]1[C@H](O)[C@H](C)[C@@H](O)C(C)C=CC=C(C)C(=O)Nc2c(C)c(OC(C)=O)c3c(c2O)C(=O)C(C)=C2OCOC(=C23)C(C)=C[C@@](C)(O)[C@H](O)[C@@H](C)[C@H]1OC(C)=O. The van der Waals surface area contributed by atoms with E-state index >= 15 is 0 Å². The molecule has 4 aliphatic rings. The third-order valence-corrected chi connectivity index (χ3v) is 10.9. The van der Waals surface area contributed by atoms with Gasteiger partial charge in [0, 0.05) is 53.9 Å². The third-order valence-electron chi connectivity index (χ3n) is 10.9. The number of anilines is 1. The summed E-state index contributed by atoms with van der Waals surface area (Å²) >= 11 is 0. The summed E-state index contributed by atoms with van der Waals surface area (Å²) in [5.74, 6) is -9.71. The Morgan fingerprint density at radius 2 is 1.52 bits per heavy atom. The van der Waals surface area contributed by atoms with Gasteiger partial charge in [-0.3, -0.25) is 24.0 Å². The number of aliphatic hydroxyl groups excluding tert-OH is 3. The predicted molar refractivity (Wildman–Crippen MR) is 208 cm³/mol.